The van der Waals surface area contributed by atoms with E-state index in [0.29, 0.717) is 6.04 Å². The second-order valence-corrected chi connectivity index (χ2v) is 6.16. The molecule has 0 aliphatic rings. The number of benzene rings is 1. The van der Waals surface area contributed by atoms with Crippen molar-refractivity contribution in [2.75, 3.05) is 6.54 Å². The molecule has 1 nitrogen and oxygen atoms in total. The second kappa shape index (κ2) is 8.89. The number of halogens is 2. The van der Waals surface area contributed by atoms with Crippen LogP contribution in [0, 0.1) is 0 Å². The van der Waals surface area contributed by atoms with Crippen molar-refractivity contribution in [3.05, 3.63) is 45.4 Å². The molecule has 1 atom stereocenters. The van der Waals surface area contributed by atoms with E-state index in [-0.39, 0.29) is 0 Å². The van der Waals surface area contributed by atoms with Crippen LogP contribution in [0.3, 0.4) is 0 Å². The smallest absolute Gasteiger partial charge is 0.0331 e. The Hall–Kier alpha value is -0.120. The molecule has 0 bridgehead atoms. The third-order valence-corrected chi connectivity index (χ3v) is 4.06. The van der Waals surface area contributed by atoms with Gasteiger partial charge in [0.15, 0.2) is 0 Å². The van der Waals surface area contributed by atoms with Crippen molar-refractivity contribution >= 4 is 31.9 Å². The summed E-state index contributed by atoms with van der Waals surface area (Å²) < 4.78 is 2.28. The first-order valence-corrected chi connectivity index (χ1v) is 8.06. The highest BCUT2D eigenvalue weighted by molar-refractivity contribution is 9.11. The van der Waals surface area contributed by atoms with E-state index >= 15 is 0 Å². The van der Waals surface area contributed by atoms with Gasteiger partial charge < -0.3 is 5.32 Å². The monoisotopic (exact) mass is 373 g/mol. The number of rotatable bonds is 8. The van der Waals surface area contributed by atoms with Crippen LogP contribution in [0.1, 0.15) is 44.2 Å². The SMILES string of the molecule is C=CCCCC(NCCC)c1ccc(Br)cc1Br. The van der Waals surface area contributed by atoms with Crippen LogP contribution in [-0.4, -0.2) is 6.54 Å². The fourth-order valence-electron chi connectivity index (χ4n) is 1.94. The Balaban J connectivity index is 2.76. The molecule has 0 fully saturated rings. The molecule has 1 rings (SSSR count). The van der Waals surface area contributed by atoms with Crippen molar-refractivity contribution in [2.45, 2.75) is 38.6 Å². The van der Waals surface area contributed by atoms with E-state index in [2.05, 4.69) is 68.9 Å². The Morgan fingerprint density at radius 3 is 2.78 bits per heavy atom. The molecule has 0 aromatic heterocycles. The molecule has 0 heterocycles. The summed E-state index contributed by atoms with van der Waals surface area (Å²) in [5, 5.41) is 3.63. The van der Waals surface area contributed by atoms with Gasteiger partial charge in [0.2, 0.25) is 0 Å². The molecule has 0 aliphatic heterocycles. The Morgan fingerprint density at radius 1 is 1.39 bits per heavy atom. The first-order valence-electron chi connectivity index (χ1n) is 6.48. The topological polar surface area (TPSA) is 12.0 Å². The van der Waals surface area contributed by atoms with Gasteiger partial charge in [-0.05, 0) is 49.9 Å². The van der Waals surface area contributed by atoms with Crippen LogP contribution in [0.25, 0.3) is 0 Å². The lowest BCUT2D eigenvalue weighted by molar-refractivity contribution is 0.485. The summed E-state index contributed by atoms with van der Waals surface area (Å²) in [6.07, 6.45) is 6.55. The van der Waals surface area contributed by atoms with Crippen molar-refractivity contribution in [3.63, 3.8) is 0 Å². The lowest BCUT2D eigenvalue weighted by atomic mass is 10.0. The molecule has 3 heteroatoms. The van der Waals surface area contributed by atoms with Gasteiger partial charge in [0.1, 0.15) is 0 Å². The number of hydrogen-bond acceptors (Lipinski definition) is 1. The summed E-state index contributed by atoms with van der Waals surface area (Å²) >= 11 is 7.16. The minimum Gasteiger partial charge on any atom is -0.310 e. The summed E-state index contributed by atoms with van der Waals surface area (Å²) in [7, 11) is 0. The van der Waals surface area contributed by atoms with Gasteiger partial charge in [0, 0.05) is 15.0 Å². The van der Waals surface area contributed by atoms with Crippen LogP contribution in [0.5, 0.6) is 0 Å². The lowest BCUT2D eigenvalue weighted by Crippen LogP contribution is -2.22. The van der Waals surface area contributed by atoms with Gasteiger partial charge in [-0.1, -0.05) is 50.9 Å². The molecule has 0 radical (unpaired) electrons. The van der Waals surface area contributed by atoms with Gasteiger partial charge in [-0.15, -0.1) is 6.58 Å². The molecule has 1 aromatic carbocycles. The van der Waals surface area contributed by atoms with E-state index in [4.69, 9.17) is 0 Å². The Bertz CT molecular complexity index is 377. The summed E-state index contributed by atoms with van der Waals surface area (Å²) in [5.41, 5.74) is 1.34. The van der Waals surface area contributed by atoms with E-state index in [1.165, 1.54) is 16.5 Å². The van der Waals surface area contributed by atoms with Gasteiger partial charge in [0.25, 0.3) is 0 Å². The standard InChI is InChI=1S/C15H21Br2N/c1-3-5-6-7-15(18-10-4-2)13-9-8-12(16)11-14(13)17/h3,8-9,11,15,18H,1,4-7,10H2,2H3. The zero-order chi connectivity index (χ0) is 13.4. The third kappa shape index (κ3) is 5.25. The maximum absolute atomic E-state index is 3.79. The van der Waals surface area contributed by atoms with Gasteiger partial charge in [-0.2, -0.15) is 0 Å². The molecule has 0 aliphatic carbocycles. The molecule has 0 saturated heterocycles. The van der Waals surface area contributed by atoms with E-state index in [1.807, 2.05) is 6.08 Å². The fourth-order valence-corrected chi connectivity index (χ4v) is 3.26. The van der Waals surface area contributed by atoms with Crippen LogP contribution >= 0.6 is 31.9 Å². The third-order valence-electron chi connectivity index (χ3n) is 2.88. The second-order valence-electron chi connectivity index (χ2n) is 4.39. The van der Waals surface area contributed by atoms with Gasteiger partial charge in [0.05, 0.1) is 0 Å². The summed E-state index contributed by atoms with van der Waals surface area (Å²) in [6.45, 7) is 7.04. The number of nitrogens with one attached hydrogen (secondary N) is 1. The Kier molecular flexibility index (Phi) is 7.87. The normalized spacial score (nSPS) is 12.4. The van der Waals surface area contributed by atoms with Crippen LogP contribution in [0.2, 0.25) is 0 Å². The highest BCUT2D eigenvalue weighted by Crippen LogP contribution is 2.29. The van der Waals surface area contributed by atoms with Gasteiger partial charge in [-0.3, -0.25) is 0 Å². The molecule has 0 saturated carbocycles. The highest BCUT2D eigenvalue weighted by Gasteiger charge is 2.13. The van der Waals surface area contributed by atoms with Gasteiger partial charge in [-0.25, -0.2) is 0 Å². The van der Waals surface area contributed by atoms with E-state index in [9.17, 15) is 0 Å². The van der Waals surface area contributed by atoms with Crippen LogP contribution in [0.4, 0.5) is 0 Å². The van der Waals surface area contributed by atoms with E-state index in [0.717, 1.165) is 30.3 Å². The van der Waals surface area contributed by atoms with Crippen molar-refractivity contribution < 1.29 is 0 Å². The van der Waals surface area contributed by atoms with Crippen molar-refractivity contribution in [1.82, 2.24) is 5.32 Å². The number of unbranched alkanes of at least 4 members (excludes halogenated alkanes) is 1. The van der Waals surface area contributed by atoms with E-state index in [1.54, 1.807) is 0 Å². The summed E-state index contributed by atoms with van der Waals surface area (Å²) in [6, 6.07) is 6.83. The maximum atomic E-state index is 3.79. The zero-order valence-electron chi connectivity index (χ0n) is 10.9. The average molecular weight is 375 g/mol. The maximum Gasteiger partial charge on any atom is 0.0331 e. The lowest BCUT2D eigenvalue weighted by Gasteiger charge is -2.20. The molecular weight excluding hydrogens is 354 g/mol. The van der Waals surface area contributed by atoms with Crippen LogP contribution < -0.4 is 5.32 Å². The molecule has 1 N–H and O–H groups in total. The molecule has 1 unspecified atom stereocenters. The first-order chi connectivity index (χ1) is 8.69. The number of hydrogen-bond donors (Lipinski definition) is 1. The van der Waals surface area contributed by atoms with E-state index < -0.39 is 0 Å². The predicted octanol–water partition coefficient (Wildman–Crippen LogP) is 5.61. The van der Waals surface area contributed by atoms with Crippen LogP contribution in [-0.2, 0) is 0 Å². The van der Waals surface area contributed by atoms with Crippen molar-refractivity contribution in [3.8, 4) is 0 Å². The highest BCUT2D eigenvalue weighted by atomic mass is 79.9. The Morgan fingerprint density at radius 2 is 2.17 bits per heavy atom. The zero-order valence-corrected chi connectivity index (χ0v) is 14.1. The van der Waals surface area contributed by atoms with Gasteiger partial charge >= 0.3 is 0 Å². The van der Waals surface area contributed by atoms with Crippen molar-refractivity contribution in [1.29, 1.82) is 0 Å². The quantitative estimate of drug-likeness (QED) is 0.460. The van der Waals surface area contributed by atoms with Crippen LogP contribution in [0.15, 0.2) is 39.8 Å². The molecule has 1 aromatic rings. The average Bonchev–Trinajstić information content (AvgIpc) is 2.34. The minimum absolute atomic E-state index is 0.423. The fraction of sp³-hybridized carbons (Fsp3) is 0.467. The predicted molar refractivity (Wildman–Crippen MR) is 86.9 cm³/mol. The molecule has 0 spiro atoms. The Labute approximate surface area is 127 Å². The minimum atomic E-state index is 0.423. The van der Waals surface area contributed by atoms with Crippen molar-refractivity contribution in [2.24, 2.45) is 0 Å². The first kappa shape index (κ1) is 15.9. The molecule has 18 heavy (non-hydrogen) atoms. The number of allylic oxidation sites excluding steroid dienone is 1. The molecule has 0 amide bonds. The molecular formula is C15H21Br2N. The largest absolute Gasteiger partial charge is 0.310 e. The summed E-state index contributed by atoms with van der Waals surface area (Å²) in [5.74, 6) is 0. The summed E-state index contributed by atoms with van der Waals surface area (Å²) in [4.78, 5) is 0. The molecule has 100 valence electrons.